The number of benzene rings is 1. The van der Waals surface area contributed by atoms with Crippen LogP contribution in [-0.2, 0) is 0 Å². The Hall–Kier alpha value is -2.60. The van der Waals surface area contributed by atoms with Gasteiger partial charge in [-0.2, -0.15) is 0 Å². The number of hydrogen-bond acceptors (Lipinski definition) is 5. The minimum Gasteiger partial charge on any atom is -0.355 e. The lowest BCUT2D eigenvalue weighted by atomic mass is 10.3. The SMILES string of the molecule is O=c1cccc(N2CCN(c3cnc4cc(Cl)ccc4n3)CC2)[nH]1. The second-order valence-electron chi connectivity index (χ2n) is 5.74. The van der Waals surface area contributed by atoms with Crippen LogP contribution in [0.25, 0.3) is 11.0 Å². The molecule has 3 heterocycles. The monoisotopic (exact) mass is 341 g/mol. The zero-order valence-electron chi connectivity index (χ0n) is 12.9. The number of aromatic nitrogens is 3. The fraction of sp³-hybridized carbons (Fsp3) is 0.235. The average Bonchev–Trinajstić information content (AvgIpc) is 2.61. The first kappa shape index (κ1) is 15.0. The quantitative estimate of drug-likeness (QED) is 0.774. The summed E-state index contributed by atoms with van der Waals surface area (Å²) in [6.45, 7) is 3.29. The van der Waals surface area contributed by atoms with Crippen molar-refractivity contribution < 1.29 is 0 Å². The van der Waals surface area contributed by atoms with Gasteiger partial charge in [0, 0.05) is 37.3 Å². The molecule has 0 amide bonds. The van der Waals surface area contributed by atoms with Crippen molar-refractivity contribution in [2.45, 2.75) is 0 Å². The Morgan fingerprint density at radius 1 is 1.00 bits per heavy atom. The zero-order chi connectivity index (χ0) is 16.5. The van der Waals surface area contributed by atoms with E-state index >= 15 is 0 Å². The van der Waals surface area contributed by atoms with Gasteiger partial charge in [0.05, 0.1) is 17.2 Å². The van der Waals surface area contributed by atoms with Gasteiger partial charge in [0.25, 0.3) is 0 Å². The predicted molar refractivity (Wildman–Crippen MR) is 96.0 cm³/mol. The van der Waals surface area contributed by atoms with Crippen molar-refractivity contribution in [1.29, 1.82) is 0 Å². The average molecular weight is 342 g/mol. The smallest absolute Gasteiger partial charge is 0.249 e. The number of anilines is 2. The van der Waals surface area contributed by atoms with Crippen molar-refractivity contribution >= 4 is 34.3 Å². The summed E-state index contributed by atoms with van der Waals surface area (Å²) in [5.41, 5.74) is 1.56. The first-order valence-corrected chi connectivity index (χ1v) is 8.18. The molecule has 1 aromatic carbocycles. The fourth-order valence-electron chi connectivity index (χ4n) is 2.92. The second-order valence-corrected chi connectivity index (χ2v) is 6.17. The van der Waals surface area contributed by atoms with Crippen LogP contribution in [0.3, 0.4) is 0 Å². The number of H-pyrrole nitrogens is 1. The largest absolute Gasteiger partial charge is 0.355 e. The van der Waals surface area contributed by atoms with Gasteiger partial charge in [-0.1, -0.05) is 17.7 Å². The van der Waals surface area contributed by atoms with Crippen molar-refractivity contribution in [2.75, 3.05) is 36.0 Å². The molecular weight excluding hydrogens is 326 g/mol. The van der Waals surface area contributed by atoms with Gasteiger partial charge in [-0.15, -0.1) is 0 Å². The maximum Gasteiger partial charge on any atom is 0.249 e. The summed E-state index contributed by atoms with van der Waals surface area (Å²) in [4.78, 5) is 27.8. The Bertz CT molecular complexity index is 933. The van der Waals surface area contributed by atoms with Crippen LogP contribution in [0, 0.1) is 0 Å². The maximum atomic E-state index is 11.4. The summed E-state index contributed by atoms with van der Waals surface area (Å²) >= 11 is 5.98. The molecule has 6 nitrogen and oxygen atoms in total. The highest BCUT2D eigenvalue weighted by molar-refractivity contribution is 6.31. The van der Waals surface area contributed by atoms with Crippen LogP contribution in [0.4, 0.5) is 11.6 Å². The highest BCUT2D eigenvalue weighted by Crippen LogP contribution is 2.21. The normalized spacial score (nSPS) is 15.0. The molecule has 1 fully saturated rings. The zero-order valence-corrected chi connectivity index (χ0v) is 13.7. The summed E-state index contributed by atoms with van der Waals surface area (Å²) in [5, 5.41) is 0.662. The molecule has 0 radical (unpaired) electrons. The Balaban J connectivity index is 1.51. The molecule has 0 spiro atoms. The van der Waals surface area contributed by atoms with Gasteiger partial charge in [0.1, 0.15) is 11.6 Å². The van der Waals surface area contributed by atoms with Crippen molar-refractivity contribution in [3.05, 3.63) is 58.0 Å². The molecule has 24 heavy (non-hydrogen) atoms. The van der Waals surface area contributed by atoms with E-state index in [-0.39, 0.29) is 5.56 Å². The molecule has 0 saturated carbocycles. The summed E-state index contributed by atoms with van der Waals surface area (Å²) in [6.07, 6.45) is 1.79. The van der Waals surface area contributed by atoms with Gasteiger partial charge in [0.15, 0.2) is 0 Å². The maximum absolute atomic E-state index is 11.4. The number of fused-ring (bicyclic) bond motifs is 1. The van der Waals surface area contributed by atoms with Crippen LogP contribution < -0.4 is 15.4 Å². The van der Waals surface area contributed by atoms with Crippen LogP contribution in [0.2, 0.25) is 5.02 Å². The summed E-state index contributed by atoms with van der Waals surface area (Å²) in [5.74, 6) is 1.73. The van der Waals surface area contributed by atoms with Crippen molar-refractivity contribution in [3.63, 3.8) is 0 Å². The van der Waals surface area contributed by atoms with E-state index in [4.69, 9.17) is 11.6 Å². The van der Waals surface area contributed by atoms with Crippen molar-refractivity contribution in [1.82, 2.24) is 15.0 Å². The molecule has 1 aliphatic rings. The summed E-state index contributed by atoms with van der Waals surface area (Å²) < 4.78 is 0. The molecule has 0 aliphatic carbocycles. The third kappa shape index (κ3) is 2.92. The Morgan fingerprint density at radius 3 is 2.58 bits per heavy atom. The molecule has 1 N–H and O–H groups in total. The van der Waals surface area contributed by atoms with Crippen molar-refractivity contribution in [3.8, 4) is 0 Å². The van der Waals surface area contributed by atoms with Gasteiger partial charge in [-0.05, 0) is 24.3 Å². The first-order valence-electron chi connectivity index (χ1n) is 7.80. The minimum atomic E-state index is -0.0750. The van der Waals surface area contributed by atoms with Crippen LogP contribution in [0.1, 0.15) is 0 Å². The number of pyridine rings is 1. The molecule has 2 aromatic heterocycles. The van der Waals surface area contributed by atoms with E-state index in [1.165, 1.54) is 6.07 Å². The first-order chi connectivity index (χ1) is 11.7. The number of nitrogens with zero attached hydrogens (tertiary/aromatic N) is 4. The molecule has 7 heteroatoms. The third-order valence-electron chi connectivity index (χ3n) is 4.19. The van der Waals surface area contributed by atoms with Crippen LogP contribution in [0.5, 0.6) is 0 Å². The van der Waals surface area contributed by atoms with Crippen LogP contribution in [-0.4, -0.2) is 41.1 Å². The lowest BCUT2D eigenvalue weighted by molar-refractivity contribution is 0.641. The van der Waals surface area contributed by atoms with Gasteiger partial charge >= 0.3 is 0 Å². The highest BCUT2D eigenvalue weighted by atomic mass is 35.5. The van der Waals surface area contributed by atoms with Gasteiger partial charge in [-0.25, -0.2) is 4.98 Å². The van der Waals surface area contributed by atoms with Crippen LogP contribution >= 0.6 is 11.6 Å². The minimum absolute atomic E-state index is 0.0750. The molecule has 1 saturated heterocycles. The van der Waals surface area contributed by atoms with Crippen LogP contribution in [0.15, 0.2) is 47.4 Å². The topological polar surface area (TPSA) is 65.1 Å². The van der Waals surface area contributed by atoms with Gasteiger partial charge < -0.3 is 14.8 Å². The number of rotatable bonds is 2. The Morgan fingerprint density at radius 2 is 1.79 bits per heavy atom. The molecule has 0 unspecified atom stereocenters. The third-order valence-corrected chi connectivity index (χ3v) is 4.42. The van der Waals surface area contributed by atoms with E-state index in [1.807, 2.05) is 24.3 Å². The van der Waals surface area contributed by atoms with E-state index in [1.54, 1.807) is 12.3 Å². The number of piperazine rings is 1. The summed E-state index contributed by atoms with van der Waals surface area (Å²) in [6, 6.07) is 10.8. The fourth-order valence-corrected chi connectivity index (χ4v) is 3.09. The lowest BCUT2D eigenvalue weighted by Crippen LogP contribution is -2.47. The Labute approximate surface area is 143 Å². The van der Waals surface area contributed by atoms with E-state index in [2.05, 4.69) is 24.8 Å². The molecule has 0 bridgehead atoms. The standard InChI is InChI=1S/C17H16ClN5O/c18-12-4-5-13-14(10-12)19-11-16(20-13)23-8-6-22(7-9-23)15-2-1-3-17(24)21-15/h1-5,10-11H,6-9H2,(H,21,24). The number of halogens is 1. The van der Waals surface area contributed by atoms with E-state index in [0.29, 0.717) is 5.02 Å². The molecule has 0 atom stereocenters. The molecule has 122 valence electrons. The number of aromatic amines is 1. The molecule has 4 rings (SSSR count). The highest BCUT2D eigenvalue weighted by Gasteiger charge is 2.19. The number of nitrogens with one attached hydrogen (secondary N) is 1. The van der Waals surface area contributed by atoms with E-state index in [9.17, 15) is 4.79 Å². The molecular formula is C17H16ClN5O. The second kappa shape index (κ2) is 6.13. The van der Waals surface area contributed by atoms with Crippen molar-refractivity contribution in [2.24, 2.45) is 0 Å². The van der Waals surface area contributed by atoms with Gasteiger partial charge in [-0.3, -0.25) is 9.78 Å². The summed E-state index contributed by atoms with van der Waals surface area (Å²) in [7, 11) is 0. The predicted octanol–water partition coefficient (Wildman–Crippen LogP) is 2.30. The number of hydrogen-bond donors (Lipinski definition) is 1. The van der Waals surface area contributed by atoms with Gasteiger partial charge in [0.2, 0.25) is 5.56 Å². The molecule has 1 aliphatic heterocycles. The van der Waals surface area contributed by atoms with E-state index in [0.717, 1.165) is 48.8 Å². The van der Waals surface area contributed by atoms with E-state index < -0.39 is 0 Å². The molecule has 3 aromatic rings. The lowest BCUT2D eigenvalue weighted by Gasteiger charge is -2.36. The Kier molecular flexibility index (Phi) is 3.82.